The van der Waals surface area contributed by atoms with E-state index in [1.807, 2.05) is 0 Å². The third-order valence-electron chi connectivity index (χ3n) is 1.95. The molecule has 0 fully saturated rings. The van der Waals surface area contributed by atoms with Gasteiger partial charge in [-0.1, -0.05) is 28.4 Å². The molecule has 0 aromatic carbocycles. The Kier molecular flexibility index (Phi) is 3.61. The Hall–Kier alpha value is -1.59. The van der Waals surface area contributed by atoms with E-state index in [2.05, 4.69) is 20.0 Å². The second kappa shape index (κ2) is 5.16. The number of aromatic nitrogens is 2. The number of carbonyl (C=O) groups excluding carboxylic acids is 1. The molecule has 0 aliphatic carbocycles. The number of nitrogens with zero attached hydrogens (tertiary/aromatic N) is 2. The van der Waals surface area contributed by atoms with Crippen LogP contribution < -0.4 is 5.32 Å². The van der Waals surface area contributed by atoms with Gasteiger partial charge in [-0.15, -0.1) is 0 Å². The van der Waals surface area contributed by atoms with Crippen molar-refractivity contribution >= 4 is 29.1 Å². The van der Waals surface area contributed by atoms with Gasteiger partial charge in [0.2, 0.25) is 0 Å². The average Bonchev–Trinajstić information content (AvgIpc) is 2.82. The first kappa shape index (κ1) is 11.9. The highest BCUT2D eigenvalue weighted by molar-refractivity contribution is 6.34. The number of hydrogen-bond acceptors (Lipinski definition) is 4. The van der Waals surface area contributed by atoms with Crippen molar-refractivity contribution in [1.82, 2.24) is 15.5 Å². The summed E-state index contributed by atoms with van der Waals surface area (Å²) in [6.45, 7) is 0.236. The fourth-order valence-electron chi connectivity index (χ4n) is 1.16. The Labute approximate surface area is 107 Å². The lowest BCUT2D eigenvalue weighted by atomic mass is 10.3. The lowest BCUT2D eigenvalue weighted by Crippen LogP contribution is -2.24. The summed E-state index contributed by atoms with van der Waals surface area (Å²) < 4.78 is 4.63. The van der Waals surface area contributed by atoms with E-state index in [0.717, 1.165) is 0 Å². The van der Waals surface area contributed by atoms with Gasteiger partial charge in [-0.3, -0.25) is 4.79 Å². The summed E-state index contributed by atoms with van der Waals surface area (Å²) in [6, 6.07) is 4.67. The molecule has 17 heavy (non-hydrogen) atoms. The highest BCUT2D eigenvalue weighted by Gasteiger charge is 2.12. The second-order valence-electron chi connectivity index (χ2n) is 3.14. The van der Waals surface area contributed by atoms with Gasteiger partial charge in [0.05, 0.1) is 11.6 Å². The van der Waals surface area contributed by atoms with Gasteiger partial charge in [-0.2, -0.15) is 0 Å². The second-order valence-corrected chi connectivity index (χ2v) is 3.93. The monoisotopic (exact) mass is 271 g/mol. The summed E-state index contributed by atoms with van der Waals surface area (Å²) in [5.74, 6) is -0.416. The fraction of sp³-hybridized carbons (Fsp3) is 0.100. The van der Waals surface area contributed by atoms with Crippen LogP contribution >= 0.6 is 23.2 Å². The Morgan fingerprint density at radius 3 is 2.88 bits per heavy atom. The van der Waals surface area contributed by atoms with Crippen molar-refractivity contribution in [3.63, 3.8) is 0 Å². The van der Waals surface area contributed by atoms with Crippen molar-refractivity contribution in [2.45, 2.75) is 6.54 Å². The number of amides is 1. The molecule has 2 rings (SSSR count). The average molecular weight is 272 g/mol. The van der Waals surface area contributed by atoms with Crippen molar-refractivity contribution in [1.29, 1.82) is 0 Å². The van der Waals surface area contributed by atoms with Crippen LogP contribution in [-0.4, -0.2) is 16.0 Å². The first-order valence-corrected chi connectivity index (χ1v) is 5.42. The summed E-state index contributed by atoms with van der Waals surface area (Å²) in [7, 11) is 0. The number of pyridine rings is 1. The van der Waals surface area contributed by atoms with Gasteiger partial charge in [-0.05, 0) is 12.1 Å². The van der Waals surface area contributed by atoms with Gasteiger partial charge >= 0.3 is 0 Å². The molecule has 0 aliphatic rings. The maximum absolute atomic E-state index is 11.7. The highest BCUT2D eigenvalue weighted by Crippen LogP contribution is 2.16. The van der Waals surface area contributed by atoms with Crippen LogP contribution in [0.1, 0.15) is 16.2 Å². The van der Waals surface area contributed by atoms with Crippen LogP contribution in [0.25, 0.3) is 0 Å². The Morgan fingerprint density at radius 1 is 1.35 bits per heavy atom. The van der Waals surface area contributed by atoms with Crippen molar-refractivity contribution in [3.05, 3.63) is 46.0 Å². The molecule has 2 aromatic heterocycles. The molecule has 0 saturated heterocycles. The van der Waals surface area contributed by atoms with Crippen molar-refractivity contribution in [2.24, 2.45) is 0 Å². The maximum atomic E-state index is 11.7. The SMILES string of the molecule is O=C(NCc1ccon1)c1nc(Cl)ccc1Cl. The molecule has 7 heteroatoms. The smallest absolute Gasteiger partial charge is 0.271 e. The standard InChI is InChI=1S/C10H7Cl2N3O2/c11-7-1-2-8(12)14-9(7)10(16)13-5-6-3-4-17-15-6/h1-4H,5H2,(H,13,16). The van der Waals surface area contributed by atoms with E-state index in [9.17, 15) is 4.79 Å². The van der Waals surface area contributed by atoms with E-state index >= 15 is 0 Å². The first-order chi connectivity index (χ1) is 8.16. The molecular formula is C10H7Cl2N3O2. The van der Waals surface area contributed by atoms with Crippen LogP contribution in [0, 0.1) is 0 Å². The third-order valence-corrected chi connectivity index (χ3v) is 2.46. The molecule has 5 nitrogen and oxygen atoms in total. The van der Waals surface area contributed by atoms with Gasteiger partial charge in [0, 0.05) is 6.07 Å². The first-order valence-electron chi connectivity index (χ1n) is 4.66. The van der Waals surface area contributed by atoms with Crippen molar-refractivity contribution in [2.75, 3.05) is 0 Å². The Bertz CT molecular complexity index is 528. The minimum Gasteiger partial charge on any atom is -0.364 e. The number of hydrogen-bond donors (Lipinski definition) is 1. The van der Waals surface area contributed by atoms with Crippen LogP contribution in [0.4, 0.5) is 0 Å². The number of rotatable bonds is 3. The summed E-state index contributed by atoms with van der Waals surface area (Å²) in [6.07, 6.45) is 1.42. The highest BCUT2D eigenvalue weighted by atomic mass is 35.5. The Balaban J connectivity index is 2.07. The lowest BCUT2D eigenvalue weighted by Gasteiger charge is -2.04. The van der Waals surface area contributed by atoms with Gasteiger partial charge < -0.3 is 9.84 Å². The minimum absolute atomic E-state index is 0.0858. The van der Waals surface area contributed by atoms with Crippen LogP contribution in [0.15, 0.2) is 29.0 Å². The molecule has 1 N–H and O–H groups in total. The number of nitrogens with one attached hydrogen (secondary N) is 1. The topological polar surface area (TPSA) is 68.0 Å². The molecule has 0 bridgehead atoms. The van der Waals surface area contributed by atoms with Crippen LogP contribution in [0.3, 0.4) is 0 Å². The molecule has 0 unspecified atom stereocenters. The predicted octanol–water partition coefficient (Wildman–Crippen LogP) is 2.31. The van der Waals surface area contributed by atoms with Crippen molar-refractivity contribution < 1.29 is 9.32 Å². The summed E-state index contributed by atoms with van der Waals surface area (Å²) in [5, 5.41) is 6.71. The molecular weight excluding hydrogens is 265 g/mol. The molecule has 0 atom stereocenters. The quantitative estimate of drug-likeness (QED) is 0.870. The van der Waals surface area contributed by atoms with Gasteiger partial charge in [-0.25, -0.2) is 4.98 Å². The van der Waals surface area contributed by atoms with E-state index < -0.39 is 5.91 Å². The van der Waals surface area contributed by atoms with Crippen molar-refractivity contribution in [3.8, 4) is 0 Å². The van der Waals surface area contributed by atoms with E-state index in [-0.39, 0.29) is 22.4 Å². The predicted molar refractivity (Wildman–Crippen MR) is 61.9 cm³/mol. The zero-order valence-electron chi connectivity index (χ0n) is 8.48. The molecule has 2 heterocycles. The van der Waals surface area contributed by atoms with Gasteiger partial charge in [0.15, 0.2) is 0 Å². The summed E-state index contributed by atoms with van der Waals surface area (Å²) >= 11 is 11.5. The fourth-order valence-corrected chi connectivity index (χ4v) is 1.50. The normalized spacial score (nSPS) is 10.2. The van der Waals surface area contributed by atoms with E-state index in [1.54, 1.807) is 6.07 Å². The molecule has 0 saturated carbocycles. The van der Waals surface area contributed by atoms with Gasteiger partial charge in [0.1, 0.15) is 22.8 Å². The lowest BCUT2D eigenvalue weighted by molar-refractivity contribution is 0.0945. The van der Waals surface area contributed by atoms with Crippen LogP contribution in [0.5, 0.6) is 0 Å². The number of halogens is 2. The maximum Gasteiger partial charge on any atom is 0.271 e. The molecule has 0 spiro atoms. The zero-order valence-corrected chi connectivity index (χ0v) is 10.00. The summed E-state index contributed by atoms with van der Waals surface area (Å²) in [4.78, 5) is 15.6. The molecule has 2 aromatic rings. The molecule has 88 valence electrons. The summed E-state index contributed by atoms with van der Waals surface area (Å²) in [5.41, 5.74) is 0.694. The van der Waals surface area contributed by atoms with E-state index in [0.29, 0.717) is 5.69 Å². The van der Waals surface area contributed by atoms with E-state index in [4.69, 9.17) is 23.2 Å². The van der Waals surface area contributed by atoms with Crippen LogP contribution in [-0.2, 0) is 6.54 Å². The van der Waals surface area contributed by atoms with E-state index in [1.165, 1.54) is 18.4 Å². The minimum atomic E-state index is -0.416. The van der Waals surface area contributed by atoms with Gasteiger partial charge in [0.25, 0.3) is 5.91 Å². The molecule has 1 amide bonds. The Morgan fingerprint density at radius 2 is 2.18 bits per heavy atom. The molecule has 0 aliphatic heterocycles. The number of carbonyl (C=O) groups is 1. The molecule has 0 radical (unpaired) electrons. The third kappa shape index (κ3) is 2.95. The zero-order chi connectivity index (χ0) is 12.3. The largest absolute Gasteiger partial charge is 0.364 e. The van der Waals surface area contributed by atoms with Crippen LogP contribution in [0.2, 0.25) is 10.2 Å².